The lowest BCUT2D eigenvalue weighted by Gasteiger charge is -2.11. The Labute approximate surface area is 88.5 Å². The van der Waals surface area contributed by atoms with Crippen molar-refractivity contribution in [3.63, 3.8) is 0 Å². The zero-order valence-corrected chi connectivity index (χ0v) is 9.22. The predicted octanol–water partition coefficient (Wildman–Crippen LogP) is 1.80. The summed E-state index contributed by atoms with van der Waals surface area (Å²) in [5.41, 5.74) is 0. The molecular formula is C10H16N2OS. The summed E-state index contributed by atoms with van der Waals surface area (Å²) in [5.74, 6) is 0. The van der Waals surface area contributed by atoms with Gasteiger partial charge in [-0.1, -0.05) is 0 Å². The van der Waals surface area contributed by atoms with Crippen LogP contribution in [0.3, 0.4) is 0 Å². The number of nitrogens with zero attached hydrogens (tertiary/aromatic N) is 1. The second-order valence-corrected chi connectivity index (χ2v) is 4.68. The summed E-state index contributed by atoms with van der Waals surface area (Å²) in [6, 6.07) is 0. The number of hydrogen-bond donors (Lipinski definition) is 1. The fraction of sp³-hybridized carbons (Fsp3) is 0.700. The molecule has 2 unspecified atom stereocenters. The van der Waals surface area contributed by atoms with Crippen LogP contribution >= 0.6 is 11.3 Å². The molecule has 14 heavy (non-hydrogen) atoms. The van der Waals surface area contributed by atoms with E-state index in [1.165, 1.54) is 12.8 Å². The van der Waals surface area contributed by atoms with Crippen molar-refractivity contribution in [1.82, 2.24) is 10.3 Å². The van der Waals surface area contributed by atoms with Crippen LogP contribution in [0.2, 0.25) is 0 Å². The van der Waals surface area contributed by atoms with Gasteiger partial charge in [0.25, 0.3) is 0 Å². The summed E-state index contributed by atoms with van der Waals surface area (Å²) in [5, 5.41) is 6.53. The van der Waals surface area contributed by atoms with Crippen LogP contribution in [-0.4, -0.2) is 23.7 Å². The minimum atomic E-state index is 0.407. The van der Waals surface area contributed by atoms with Crippen LogP contribution in [0.15, 0.2) is 11.6 Å². The molecule has 0 amide bonds. The predicted molar refractivity (Wildman–Crippen MR) is 57.4 cm³/mol. The third-order valence-corrected chi connectivity index (χ3v) is 3.23. The quantitative estimate of drug-likeness (QED) is 0.826. The van der Waals surface area contributed by atoms with Crippen LogP contribution in [0.25, 0.3) is 0 Å². The molecule has 2 heterocycles. The molecule has 0 saturated carbocycles. The van der Waals surface area contributed by atoms with E-state index < -0.39 is 0 Å². The van der Waals surface area contributed by atoms with Gasteiger partial charge in [0.15, 0.2) is 0 Å². The molecule has 0 radical (unpaired) electrons. The highest BCUT2D eigenvalue weighted by Gasteiger charge is 2.20. The lowest BCUT2D eigenvalue weighted by atomic mass is 10.2. The SMILES string of the molecule is CC1CCC(CNCc2nccs2)O1. The second kappa shape index (κ2) is 4.87. The van der Waals surface area contributed by atoms with Crippen LogP contribution in [-0.2, 0) is 11.3 Å². The number of hydrogen-bond acceptors (Lipinski definition) is 4. The minimum Gasteiger partial charge on any atom is -0.374 e. The van der Waals surface area contributed by atoms with Crippen LogP contribution in [0.5, 0.6) is 0 Å². The van der Waals surface area contributed by atoms with Crippen molar-refractivity contribution < 1.29 is 4.74 Å². The standard InChI is InChI=1S/C10H16N2OS/c1-8-2-3-9(13-8)6-11-7-10-12-4-5-14-10/h4-5,8-9,11H,2-3,6-7H2,1H3. The topological polar surface area (TPSA) is 34.2 Å². The highest BCUT2D eigenvalue weighted by atomic mass is 32.1. The monoisotopic (exact) mass is 212 g/mol. The normalized spacial score (nSPS) is 26.9. The average molecular weight is 212 g/mol. The van der Waals surface area contributed by atoms with E-state index in [1.54, 1.807) is 11.3 Å². The Morgan fingerprint density at radius 3 is 3.21 bits per heavy atom. The van der Waals surface area contributed by atoms with Gasteiger partial charge in [-0.05, 0) is 19.8 Å². The van der Waals surface area contributed by atoms with Crippen LogP contribution in [0, 0.1) is 0 Å². The molecule has 2 rings (SSSR count). The van der Waals surface area contributed by atoms with Gasteiger partial charge in [-0.15, -0.1) is 11.3 Å². The lowest BCUT2D eigenvalue weighted by Crippen LogP contribution is -2.26. The summed E-state index contributed by atoms with van der Waals surface area (Å²) in [6.07, 6.45) is 5.08. The van der Waals surface area contributed by atoms with Crippen molar-refractivity contribution in [3.8, 4) is 0 Å². The van der Waals surface area contributed by atoms with Crippen LogP contribution < -0.4 is 5.32 Å². The Morgan fingerprint density at radius 2 is 2.57 bits per heavy atom. The van der Waals surface area contributed by atoms with Crippen molar-refractivity contribution in [2.75, 3.05) is 6.54 Å². The molecule has 1 fully saturated rings. The summed E-state index contributed by atoms with van der Waals surface area (Å²) in [7, 11) is 0. The Balaban J connectivity index is 1.64. The summed E-state index contributed by atoms with van der Waals surface area (Å²) in [6.45, 7) is 3.96. The first kappa shape index (κ1) is 10.1. The first-order chi connectivity index (χ1) is 6.84. The van der Waals surface area contributed by atoms with E-state index in [0.29, 0.717) is 12.2 Å². The molecule has 78 valence electrons. The van der Waals surface area contributed by atoms with Gasteiger partial charge >= 0.3 is 0 Å². The molecule has 1 N–H and O–H groups in total. The van der Waals surface area contributed by atoms with Crippen molar-refractivity contribution in [1.29, 1.82) is 0 Å². The van der Waals surface area contributed by atoms with Gasteiger partial charge in [-0.25, -0.2) is 4.98 Å². The van der Waals surface area contributed by atoms with E-state index in [2.05, 4.69) is 17.2 Å². The minimum absolute atomic E-state index is 0.407. The van der Waals surface area contributed by atoms with E-state index in [1.807, 2.05) is 11.6 Å². The fourth-order valence-corrected chi connectivity index (χ4v) is 2.30. The van der Waals surface area contributed by atoms with Gasteiger partial charge in [0.05, 0.1) is 12.2 Å². The molecule has 4 heteroatoms. The van der Waals surface area contributed by atoms with E-state index in [4.69, 9.17) is 4.74 Å². The molecule has 0 bridgehead atoms. The smallest absolute Gasteiger partial charge is 0.106 e. The molecule has 2 atom stereocenters. The molecule has 3 nitrogen and oxygen atoms in total. The highest BCUT2D eigenvalue weighted by molar-refractivity contribution is 7.09. The molecule has 0 aromatic carbocycles. The van der Waals surface area contributed by atoms with Gasteiger partial charge in [0.1, 0.15) is 5.01 Å². The maximum atomic E-state index is 5.70. The van der Waals surface area contributed by atoms with Gasteiger partial charge in [-0.2, -0.15) is 0 Å². The van der Waals surface area contributed by atoms with Gasteiger partial charge < -0.3 is 10.1 Å². The number of rotatable bonds is 4. The fourth-order valence-electron chi connectivity index (χ4n) is 1.72. The van der Waals surface area contributed by atoms with Gasteiger partial charge in [0, 0.05) is 24.7 Å². The average Bonchev–Trinajstić information content (AvgIpc) is 2.77. The van der Waals surface area contributed by atoms with E-state index in [9.17, 15) is 0 Å². The first-order valence-electron chi connectivity index (χ1n) is 5.09. The molecule has 1 aliphatic heterocycles. The lowest BCUT2D eigenvalue weighted by molar-refractivity contribution is 0.0559. The largest absolute Gasteiger partial charge is 0.374 e. The molecule has 1 aromatic rings. The highest BCUT2D eigenvalue weighted by Crippen LogP contribution is 2.18. The molecule has 1 saturated heterocycles. The summed E-state index contributed by atoms with van der Waals surface area (Å²) < 4.78 is 5.70. The van der Waals surface area contributed by atoms with Crippen molar-refractivity contribution in [2.24, 2.45) is 0 Å². The Hall–Kier alpha value is -0.450. The maximum Gasteiger partial charge on any atom is 0.106 e. The van der Waals surface area contributed by atoms with E-state index in [0.717, 1.165) is 18.1 Å². The molecule has 1 aliphatic rings. The van der Waals surface area contributed by atoms with E-state index in [-0.39, 0.29) is 0 Å². The summed E-state index contributed by atoms with van der Waals surface area (Å²) in [4.78, 5) is 4.21. The van der Waals surface area contributed by atoms with Crippen LogP contribution in [0.1, 0.15) is 24.8 Å². The molecule has 1 aromatic heterocycles. The van der Waals surface area contributed by atoms with Crippen molar-refractivity contribution in [2.45, 2.75) is 38.5 Å². The zero-order chi connectivity index (χ0) is 9.80. The molecule has 0 aliphatic carbocycles. The Kier molecular flexibility index (Phi) is 3.50. The van der Waals surface area contributed by atoms with Crippen molar-refractivity contribution >= 4 is 11.3 Å². The molecular weight excluding hydrogens is 196 g/mol. The van der Waals surface area contributed by atoms with Crippen molar-refractivity contribution in [3.05, 3.63) is 16.6 Å². The van der Waals surface area contributed by atoms with Gasteiger partial charge in [0.2, 0.25) is 0 Å². The Bertz CT molecular complexity index is 263. The molecule has 0 spiro atoms. The number of nitrogens with one attached hydrogen (secondary N) is 1. The van der Waals surface area contributed by atoms with E-state index >= 15 is 0 Å². The Morgan fingerprint density at radius 1 is 1.64 bits per heavy atom. The first-order valence-corrected chi connectivity index (χ1v) is 5.97. The number of thiazole rings is 1. The summed E-state index contributed by atoms with van der Waals surface area (Å²) >= 11 is 1.69. The van der Waals surface area contributed by atoms with Gasteiger partial charge in [-0.3, -0.25) is 0 Å². The third kappa shape index (κ3) is 2.77. The zero-order valence-electron chi connectivity index (χ0n) is 8.40. The number of aromatic nitrogens is 1. The maximum absolute atomic E-state index is 5.70. The van der Waals surface area contributed by atoms with Crippen LogP contribution in [0.4, 0.5) is 0 Å². The third-order valence-electron chi connectivity index (χ3n) is 2.45. The number of ether oxygens (including phenoxy) is 1. The second-order valence-electron chi connectivity index (χ2n) is 3.70.